The summed E-state index contributed by atoms with van der Waals surface area (Å²) in [6, 6.07) is 38.3. The van der Waals surface area contributed by atoms with E-state index >= 15 is 0 Å². The number of rotatable bonds is 4. The van der Waals surface area contributed by atoms with Gasteiger partial charge < -0.3 is 9.80 Å². The normalized spacial score (nSPS) is 18.0. The molecule has 4 aliphatic rings. The Morgan fingerprint density at radius 1 is 0.611 bits per heavy atom. The Morgan fingerprint density at radius 2 is 1.33 bits per heavy atom. The monoisotopic (exact) mass is 698 g/mol. The van der Waals surface area contributed by atoms with Crippen LogP contribution in [-0.4, -0.2) is 29.1 Å². The Labute approximate surface area is 316 Å². The van der Waals surface area contributed by atoms with Crippen molar-refractivity contribution in [3.63, 3.8) is 0 Å². The standard InChI is InChI=1S/C50H42N4/c1-5-17-39-33(11-1)25-27-51-49(39)47-41-23-21-38(54-30-10-16-36-14-4-8-20-46(36)54)32-44(41)48(50-40-18-6-2-12-34(40)26-28-52-50)42-24-22-37(31-43(42)47)53-29-9-15-35-13-3-7-19-45(35)53/h1-3,5-8,11-13,17-21,23-28,31-32,37H,4,9-10,14-16,22,29-30H2. The first kappa shape index (κ1) is 31.5. The predicted octanol–water partition coefficient (Wildman–Crippen LogP) is 10.3. The Balaban J connectivity index is 1.26. The zero-order valence-corrected chi connectivity index (χ0v) is 30.5. The molecule has 0 spiro atoms. The van der Waals surface area contributed by atoms with E-state index in [2.05, 4.69) is 137 Å². The number of hydrogen-bond donors (Lipinski definition) is 0. The van der Waals surface area contributed by atoms with E-state index in [0.29, 0.717) is 0 Å². The third-order valence-corrected chi connectivity index (χ3v) is 12.4. The van der Waals surface area contributed by atoms with Crippen molar-refractivity contribution >= 4 is 55.8 Å². The number of para-hydroxylation sites is 1. The minimum Gasteiger partial charge on any atom is -0.365 e. The summed E-state index contributed by atoms with van der Waals surface area (Å²) in [7, 11) is 0. The third kappa shape index (κ3) is 5.04. The topological polar surface area (TPSA) is 32.3 Å². The Kier molecular flexibility index (Phi) is 7.50. The van der Waals surface area contributed by atoms with Gasteiger partial charge in [0.05, 0.1) is 17.4 Å². The van der Waals surface area contributed by atoms with Gasteiger partial charge in [0, 0.05) is 64.5 Å². The molecule has 1 atom stereocenters. The van der Waals surface area contributed by atoms with Crippen LogP contribution in [0.4, 0.5) is 11.4 Å². The van der Waals surface area contributed by atoms with Gasteiger partial charge in [-0.25, -0.2) is 0 Å². The van der Waals surface area contributed by atoms with Crippen molar-refractivity contribution in [1.82, 2.24) is 9.97 Å². The number of aromatic nitrogens is 2. The van der Waals surface area contributed by atoms with Gasteiger partial charge in [-0.05, 0) is 124 Å². The first-order chi connectivity index (χ1) is 26.8. The lowest BCUT2D eigenvalue weighted by atomic mass is 9.85. The number of aryl methyl sites for hydroxylation is 1. The van der Waals surface area contributed by atoms with Crippen molar-refractivity contribution in [3.8, 4) is 22.5 Å². The molecule has 4 heteroatoms. The average Bonchev–Trinajstić information content (AvgIpc) is 3.24. The maximum Gasteiger partial charge on any atom is 0.0792 e. The van der Waals surface area contributed by atoms with E-state index in [4.69, 9.17) is 9.97 Å². The maximum atomic E-state index is 5.24. The summed E-state index contributed by atoms with van der Waals surface area (Å²) in [6.07, 6.45) is 21.7. The Morgan fingerprint density at radius 3 is 2.15 bits per heavy atom. The summed E-state index contributed by atoms with van der Waals surface area (Å²) in [5.41, 5.74) is 11.6. The Bertz CT molecular complexity index is 2840. The van der Waals surface area contributed by atoms with Gasteiger partial charge >= 0.3 is 0 Å². The molecule has 54 heavy (non-hydrogen) atoms. The summed E-state index contributed by atoms with van der Waals surface area (Å²) in [5.74, 6) is 0. The smallest absolute Gasteiger partial charge is 0.0792 e. The molecule has 2 aromatic heterocycles. The lowest BCUT2D eigenvalue weighted by Crippen LogP contribution is -2.43. The van der Waals surface area contributed by atoms with Crippen LogP contribution in [0.5, 0.6) is 0 Å². The zero-order chi connectivity index (χ0) is 35.6. The highest BCUT2D eigenvalue weighted by Crippen LogP contribution is 2.41. The van der Waals surface area contributed by atoms with Gasteiger partial charge in [-0.2, -0.15) is 0 Å². The van der Waals surface area contributed by atoms with E-state index in [1.54, 1.807) is 5.57 Å². The molecule has 262 valence electrons. The van der Waals surface area contributed by atoms with Crippen LogP contribution in [0, 0.1) is 0 Å². The number of anilines is 2. The molecule has 2 aliphatic carbocycles. The number of pyridine rings is 2. The largest absolute Gasteiger partial charge is 0.365 e. The van der Waals surface area contributed by atoms with Crippen LogP contribution in [-0.2, 0) is 6.42 Å². The van der Waals surface area contributed by atoms with Crippen LogP contribution in [0.15, 0.2) is 139 Å². The van der Waals surface area contributed by atoms with E-state index < -0.39 is 0 Å². The number of nitrogens with zero attached hydrogens (tertiary/aromatic N) is 4. The van der Waals surface area contributed by atoms with Crippen molar-refractivity contribution in [3.05, 3.63) is 155 Å². The molecule has 0 fully saturated rings. The first-order valence-electron chi connectivity index (χ1n) is 19.8. The van der Waals surface area contributed by atoms with Crippen molar-refractivity contribution in [2.45, 2.75) is 51.0 Å². The minimum atomic E-state index is 0.231. The van der Waals surface area contributed by atoms with Crippen LogP contribution in [0.1, 0.15) is 44.1 Å². The molecule has 1 unspecified atom stereocenters. The zero-order valence-electron chi connectivity index (χ0n) is 30.5. The molecule has 4 nitrogen and oxygen atoms in total. The molecule has 7 aromatic rings. The van der Waals surface area contributed by atoms with Gasteiger partial charge in [-0.3, -0.25) is 9.97 Å². The van der Waals surface area contributed by atoms with Gasteiger partial charge in [0.2, 0.25) is 0 Å². The first-order valence-corrected chi connectivity index (χ1v) is 19.8. The molecule has 0 saturated carbocycles. The minimum absolute atomic E-state index is 0.231. The molecular weight excluding hydrogens is 657 g/mol. The fraction of sp³-hybridized carbons (Fsp3) is 0.200. The lowest BCUT2D eigenvalue weighted by molar-refractivity contribution is 0.651. The van der Waals surface area contributed by atoms with Crippen LogP contribution >= 0.6 is 0 Å². The van der Waals surface area contributed by atoms with Gasteiger partial charge in [0.15, 0.2) is 0 Å². The predicted molar refractivity (Wildman–Crippen MR) is 226 cm³/mol. The summed E-state index contributed by atoms with van der Waals surface area (Å²) >= 11 is 0. The fourth-order valence-electron chi connectivity index (χ4n) is 9.91. The van der Waals surface area contributed by atoms with Gasteiger partial charge in [0.25, 0.3) is 0 Å². The summed E-state index contributed by atoms with van der Waals surface area (Å²) in [4.78, 5) is 15.7. The number of hydrogen-bond acceptors (Lipinski definition) is 4. The van der Waals surface area contributed by atoms with E-state index in [9.17, 15) is 0 Å². The summed E-state index contributed by atoms with van der Waals surface area (Å²) in [6.45, 7) is 2.08. The van der Waals surface area contributed by atoms with Gasteiger partial charge in [-0.15, -0.1) is 0 Å². The maximum absolute atomic E-state index is 5.24. The summed E-state index contributed by atoms with van der Waals surface area (Å²) < 4.78 is 0. The second-order valence-electron chi connectivity index (χ2n) is 15.4. The second-order valence-corrected chi connectivity index (χ2v) is 15.4. The lowest BCUT2D eigenvalue weighted by Gasteiger charge is -2.37. The van der Waals surface area contributed by atoms with Crippen LogP contribution < -0.4 is 20.2 Å². The number of benzene rings is 5. The molecule has 0 saturated heterocycles. The van der Waals surface area contributed by atoms with Crippen LogP contribution in [0.25, 0.3) is 67.0 Å². The number of allylic oxidation sites excluding steroid dienone is 3. The molecule has 0 bridgehead atoms. The molecular formula is C50H42N4. The van der Waals surface area contributed by atoms with Crippen LogP contribution in [0.3, 0.4) is 0 Å². The van der Waals surface area contributed by atoms with Crippen molar-refractivity contribution < 1.29 is 0 Å². The third-order valence-electron chi connectivity index (χ3n) is 12.4. The van der Waals surface area contributed by atoms with Crippen molar-refractivity contribution in [1.29, 1.82) is 0 Å². The number of fused-ring (bicyclic) bond motifs is 5. The molecule has 11 rings (SSSR count). The van der Waals surface area contributed by atoms with Crippen LogP contribution in [0.2, 0.25) is 0 Å². The highest BCUT2D eigenvalue weighted by molar-refractivity contribution is 6.12. The molecule has 0 N–H and O–H groups in total. The van der Waals surface area contributed by atoms with Gasteiger partial charge in [0.1, 0.15) is 0 Å². The Hall–Kier alpha value is -6.00. The van der Waals surface area contributed by atoms with E-state index in [1.807, 2.05) is 12.4 Å². The molecule has 0 amide bonds. The van der Waals surface area contributed by atoms with E-state index in [0.717, 1.165) is 43.7 Å². The fourth-order valence-corrected chi connectivity index (χ4v) is 9.91. The quantitative estimate of drug-likeness (QED) is 0.183. The second kappa shape index (κ2) is 12.8. The van der Waals surface area contributed by atoms with E-state index in [1.165, 1.54) is 102 Å². The van der Waals surface area contributed by atoms with Crippen molar-refractivity contribution in [2.75, 3.05) is 22.9 Å². The average molecular weight is 699 g/mol. The highest BCUT2D eigenvalue weighted by Gasteiger charge is 2.28. The highest BCUT2D eigenvalue weighted by atomic mass is 15.2. The van der Waals surface area contributed by atoms with Crippen molar-refractivity contribution in [2.24, 2.45) is 0 Å². The summed E-state index contributed by atoms with van der Waals surface area (Å²) in [5, 5.41) is 9.77. The molecule has 0 radical (unpaired) electrons. The van der Waals surface area contributed by atoms with E-state index in [-0.39, 0.29) is 6.04 Å². The molecule has 2 aliphatic heterocycles. The molecule has 4 heterocycles. The van der Waals surface area contributed by atoms with Gasteiger partial charge in [-0.1, -0.05) is 91.0 Å². The SMILES string of the molecule is C1=CC2=C(CC1)CCCN2c1ccc2c(-c3nccc4ccccc34)c3c(c(-c4nccc5ccccc45)c2c1)=CCC(N1CCCc2ccccc21)C=3. The molecule has 5 aromatic carbocycles.